The third-order valence-corrected chi connectivity index (χ3v) is 7.94. The van der Waals surface area contributed by atoms with Gasteiger partial charge in [-0.2, -0.15) is 10.2 Å². The number of esters is 3. The van der Waals surface area contributed by atoms with E-state index in [0.29, 0.717) is 64.1 Å². The second kappa shape index (κ2) is 19.4. The Kier molecular flexibility index (Phi) is 13.9. The highest BCUT2D eigenvalue weighted by Crippen LogP contribution is 2.29. The lowest BCUT2D eigenvalue weighted by Crippen LogP contribution is -2.09. The number of azo groups is 1. The van der Waals surface area contributed by atoms with Crippen LogP contribution < -0.4 is 18.9 Å². The van der Waals surface area contributed by atoms with Crippen molar-refractivity contribution >= 4 is 29.3 Å². The average molecular weight is 715 g/mol. The van der Waals surface area contributed by atoms with E-state index in [9.17, 15) is 14.4 Å². The maximum atomic E-state index is 13.0. The van der Waals surface area contributed by atoms with Gasteiger partial charge in [0.2, 0.25) is 0 Å². The van der Waals surface area contributed by atoms with Crippen LogP contribution >= 0.6 is 0 Å². The Bertz CT molecular complexity index is 1990. The highest BCUT2D eigenvalue weighted by Gasteiger charge is 2.15. The SMILES string of the molecule is CCCCOc1ccc(C(=O)OCc2cc(OC(=O)c3ccc(OCCCC)cc3)ccc2N=Nc2ccc(OC(=O)c3ccc(C)cc3)cc2)cc1. The van der Waals surface area contributed by atoms with E-state index in [0.717, 1.165) is 31.2 Å². The number of rotatable bonds is 17. The Morgan fingerprint density at radius 3 is 1.55 bits per heavy atom. The topological polar surface area (TPSA) is 122 Å². The largest absolute Gasteiger partial charge is 0.494 e. The second-order valence-corrected chi connectivity index (χ2v) is 12.2. The van der Waals surface area contributed by atoms with Crippen LogP contribution in [0.5, 0.6) is 23.0 Å². The molecule has 10 heteroatoms. The third-order valence-electron chi connectivity index (χ3n) is 7.94. The van der Waals surface area contributed by atoms with Gasteiger partial charge in [-0.1, -0.05) is 44.4 Å². The molecule has 0 fully saturated rings. The van der Waals surface area contributed by atoms with Crippen LogP contribution in [0.15, 0.2) is 125 Å². The molecule has 0 heterocycles. The van der Waals surface area contributed by atoms with Gasteiger partial charge in [0.15, 0.2) is 0 Å². The molecule has 10 nitrogen and oxygen atoms in total. The molecule has 0 atom stereocenters. The molecule has 0 saturated heterocycles. The molecule has 0 aromatic heterocycles. The van der Waals surface area contributed by atoms with Gasteiger partial charge in [-0.25, -0.2) is 14.4 Å². The van der Waals surface area contributed by atoms with Crippen molar-refractivity contribution in [3.63, 3.8) is 0 Å². The lowest BCUT2D eigenvalue weighted by atomic mass is 10.1. The van der Waals surface area contributed by atoms with Gasteiger partial charge >= 0.3 is 17.9 Å². The van der Waals surface area contributed by atoms with Crippen LogP contribution in [0.1, 0.15) is 81.7 Å². The van der Waals surface area contributed by atoms with Crippen LogP contribution in [0, 0.1) is 6.92 Å². The molecule has 0 bridgehead atoms. The summed E-state index contributed by atoms with van der Waals surface area (Å²) in [6.45, 7) is 7.14. The maximum Gasteiger partial charge on any atom is 0.343 e. The van der Waals surface area contributed by atoms with Crippen LogP contribution in [0.3, 0.4) is 0 Å². The summed E-state index contributed by atoms with van der Waals surface area (Å²) in [4.78, 5) is 38.5. The van der Waals surface area contributed by atoms with Crippen molar-refractivity contribution < 1.29 is 38.1 Å². The predicted molar refractivity (Wildman–Crippen MR) is 201 cm³/mol. The van der Waals surface area contributed by atoms with Crippen molar-refractivity contribution in [2.75, 3.05) is 13.2 Å². The summed E-state index contributed by atoms with van der Waals surface area (Å²) in [7, 11) is 0. The van der Waals surface area contributed by atoms with E-state index < -0.39 is 17.9 Å². The molecule has 0 spiro atoms. The van der Waals surface area contributed by atoms with Crippen molar-refractivity contribution in [2.24, 2.45) is 10.2 Å². The van der Waals surface area contributed by atoms with Crippen molar-refractivity contribution in [3.8, 4) is 23.0 Å². The van der Waals surface area contributed by atoms with Gasteiger partial charge in [0.1, 0.15) is 29.6 Å². The molecule has 0 saturated carbocycles. The zero-order chi connectivity index (χ0) is 37.4. The Morgan fingerprint density at radius 1 is 0.528 bits per heavy atom. The first-order chi connectivity index (χ1) is 25.8. The fourth-order valence-electron chi connectivity index (χ4n) is 4.82. The number of hydrogen-bond acceptors (Lipinski definition) is 10. The van der Waals surface area contributed by atoms with Crippen molar-refractivity contribution in [1.82, 2.24) is 0 Å². The van der Waals surface area contributed by atoms with E-state index in [-0.39, 0.29) is 12.4 Å². The maximum absolute atomic E-state index is 13.0. The van der Waals surface area contributed by atoms with Crippen LogP contribution in [0.2, 0.25) is 0 Å². The molecule has 5 aromatic rings. The molecule has 5 rings (SSSR count). The third kappa shape index (κ3) is 11.6. The molecule has 0 aliphatic heterocycles. The van der Waals surface area contributed by atoms with E-state index in [2.05, 4.69) is 24.1 Å². The molecule has 0 aliphatic rings. The predicted octanol–water partition coefficient (Wildman–Crippen LogP) is 10.6. The summed E-state index contributed by atoms with van der Waals surface area (Å²) in [5, 5.41) is 8.73. The van der Waals surface area contributed by atoms with Gasteiger partial charge in [0.05, 0.1) is 41.3 Å². The number of carbonyl (C=O) groups is 3. The summed E-state index contributed by atoms with van der Waals surface area (Å²) in [5.74, 6) is 0.348. The Morgan fingerprint density at radius 2 is 1.00 bits per heavy atom. The lowest BCUT2D eigenvalue weighted by Gasteiger charge is -2.11. The molecule has 272 valence electrons. The number of aryl methyl sites for hydroxylation is 1. The van der Waals surface area contributed by atoms with Gasteiger partial charge in [-0.3, -0.25) is 0 Å². The molecular formula is C43H42N2O8. The summed E-state index contributed by atoms with van der Waals surface area (Å²) in [5.41, 5.74) is 3.52. The molecular weight excluding hydrogens is 672 g/mol. The first-order valence-corrected chi connectivity index (χ1v) is 17.6. The van der Waals surface area contributed by atoms with Crippen LogP contribution in [-0.2, 0) is 11.3 Å². The minimum absolute atomic E-state index is 0.176. The summed E-state index contributed by atoms with van der Waals surface area (Å²) >= 11 is 0. The van der Waals surface area contributed by atoms with Crippen LogP contribution in [0.25, 0.3) is 0 Å². The number of hydrogen-bond donors (Lipinski definition) is 0. The minimum atomic E-state index is -0.563. The first kappa shape index (κ1) is 38.0. The fraction of sp³-hybridized carbons (Fsp3) is 0.233. The van der Waals surface area contributed by atoms with Gasteiger partial charge in [0.25, 0.3) is 0 Å². The molecule has 0 N–H and O–H groups in total. The summed E-state index contributed by atoms with van der Waals surface area (Å²) in [6.07, 6.45) is 3.92. The van der Waals surface area contributed by atoms with Crippen molar-refractivity contribution in [2.45, 2.75) is 53.1 Å². The quantitative estimate of drug-likeness (QED) is 0.0404. The number of nitrogens with zero attached hydrogens (tertiary/aromatic N) is 2. The molecule has 0 amide bonds. The molecule has 0 radical (unpaired) electrons. The van der Waals surface area contributed by atoms with Gasteiger partial charge in [-0.15, -0.1) is 0 Å². The molecule has 5 aromatic carbocycles. The van der Waals surface area contributed by atoms with E-state index in [1.165, 1.54) is 0 Å². The number of unbranched alkanes of at least 4 members (excludes halogenated alkanes) is 2. The normalized spacial score (nSPS) is 10.8. The number of benzene rings is 5. The monoisotopic (exact) mass is 714 g/mol. The van der Waals surface area contributed by atoms with Gasteiger partial charge in [-0.05, 0) is 123 Å². The van der Waals surface area contributed by atoms with Crippen molar-refractivity contribution in [3.05, 3.63) is 143 Å². The zero-order valence-electron chi connectivity index (χ0n) is 30.1. The first-order valence-electron chi connectivity index (χ1n) is 17.6. The van der Waals surface area contributed by atoms with E-state index in [1.807, 2.05) is 19.1 Å². The second-order valence-electron chi connectivity index (χ2n) is 12.2. The Hall–Kier alpha value is -6.29. The van der Waals surface area contributed by atoms with E-state index in [1.54, 1.807) is 103 Å². The number of ether oxygens (including phenoxy) is 5. The van der Waals surface area contributed by atoms with E-state index in [4.69, 9.17) is 23.7 Å². The minimum Gasteiger partial charge on any atom is -0.494 e. The highest BCUT2D eigenvalue weighted by atomic mass is 16.5. The van der Waals surface area contributed by atoms with Crippen LogP contribution in [0.4, 0.5) is 11.4 Å². The van der Waals surface area contributed by atoms with Crippen molar-refractivity contribution in [1.29, 1.82) is 0 Å². The highest BCUT2D eigenvalue weighted by molar-refractivity contribution is 5.92. The lowest BCUT2D eigenvalue weighted by molar-refractivity contribution is 0.0471. The molecule has 0 aliphatic carbocycles. The van der Waals surface area contributed by atoms with Gasteiger partial charge in [0, 0.05) is 5.56 Å². The summed E-state index contributed by atoms with van der Waals surface area (Å²) < 4.78 is 28.2. The Balaban J connectivity index is 1.29. The van der Waals surface area contributed by atoms with Crippen LogP contribution in [-0.4, -0.2) is 31.1 Å². The molecule has 53 heavy (non-hydrogen) atoms. The average Bonchev–Trinajstić information content (AvgIpc) is 3.18. The zero-order valence-corrected chi connectivity index (χ0v) is 30.1. The molecule has 0 unspecified atom stereocenters. The smallest absolute Gasteiger partial charge is 0.343 e. The standard InChI is InChI=1S/C43H42N2O8/c1-4-6-26-49-36-18-12-31(13-19-36)41(46)51-29-34-28-39(53-43(48)33-14-20-37(21-15-33)50-27-7-5-2)24-25-40(34)45-44-35-16-22-38(23-17-35)52-42(47)32-10-8-30(3)9-11-32/h8-25,28H,4-7,26-27,29H2,1-3H3. The Labute approximate surface area is 309 Å². The van der Waals surface area contributed by atoms with Gasteiger partial charge < -0.3 is 23.7 Å². The van der Waals surface area contributed by atoms with E-state index >= 15 is 0 Å². The fourth-order valence-corrected chi connectivity index (χ4v) is 4.82. The summed E-state index contributed by atoms with van der Waals surface area (Å²) in [6, 6.07) is 31.9. The number of carbonyl (C=O) groups excluding carboxylic acids is 3.